The fourth-order valence-corrected chi connectivity index (χ4v) is 10.2. The summed E-state index contributed by atoms with van der Waals surface area (Å²) in [4.78, 5) is 16.3. The summed E-state index contributed by atoms with van der Waals surface area (Å²) in [6, 6.07) is 73.4. The van der Waals surface area contributed by atoms with Crippen LogP contribution < -0.4 is 0 Å². The van der Waals surface area contributed by atoms with Crippen molar-refractivity contribution >= 4 is 97.6 Å². The molecule has 5 heteroatoms. The lowest BCUT2D eigenvalue weighted by Crippen LogP contribution is -2.02. The van der Waals surface area contributed by atoms with E-state index in [2.05, 4.69) is 199 Å². The van der Waals surface area contributed by atoms with Crippen LogP contribution in [0.2, 0.25) is 0 Å². The Morgan fingerprint density at radius 1 is 0.328 bits per heavy atom. The van der Waals surface area contributed by atoms with Gasteiger partial charge < -0.3 is 8.98 Å². The van der Waals surface area contributed by atoms with Crippen LogP contribution in [0.25, 0.3) is 137 Å². The molecule has 0 N–H and O–H groups in total. The van der Waals surface area contributed by atoms with E-state index in [-0.39, 0.29) is 0 Å². The molecule has 0 amide bonds. The zero-order valence-corrected chi connectivity index (χ0v) is 34.3. The fraction of sp³-hybridized carbons (Fsp3) is 0. The smallest absolute Gasteiger partial charge is 0.164 e. The second-order valence-electron chi connectivity index (χ2n) is 16.8. The van der Waals surface area contributed by atoms with Crippen LogP contribution >= 0.6 is 0 Å². The molecule has 64 heavy (non-hydrogen) atoms. The third-order valence-corrected chi connectivity index (χ3v) is 13.1. The Hall–Kier alpha value is -8.67. The van der Waals surface area contributed by atoms with E-state index < -0.39 is 0 Å². The van der Waals surface area contributed by atoms with E-state index in [9.17, 15) is 0 Å². The average Bonchev–Trinajstić information content (AvgIpc) is 3.90. The van der Waals surface area contributed by atoms with E-state index in [4.69, 9.17) is 19.4 Å². The van der Waals surface area contributed by atoms with Gasteiger partial charge in [0.25, 0.3) is 0 Å². The second kappa shape index (κ2) is 13.4. The lowest BCUT2D eigenvalue weighted by atomic mass is 9.96. The Morgan fingerprint density at radius 2 is 0.922 bits per heavy atom. The number of hydrogen-bond acceptors (Lipinski definition) is 4. The molecule has 0 unspecified atom stereocenters. The summed E-state index contributed by atoms with van der Waals surface area (Å²) < 4.78 is 9.25. The molecule has 0 spiro atoms. The molecule has 11 aromatic carbocycles. The van der Waals surface area contributed by atoms with E-state index in [0.717, 1.165) is 82.3 Å². The van der Waals surface area contributed by atoms with Crippen molar-refractivity contribution in [1.29, 1.82) is 0 Å². The van der Waals surface area contributed by atoms with Crippen molar-refractivity contribution in [3.05, 3.63) is 206 Å². The maximum atomic E-state index is 6.83. The first kappa shape index (κ1) is 35.0. The number of nitrogens with zero attached hydrogens (tertiary/aromatic N) is 4. The normalized spacial score (nSPS) is 12.1. The van der Waals surface area contributed by atoms with Crippen LogP contribution in [0.4, 0.5) is 0 Å². The van der Waals surface area contributed by atoms with Gasteiger partial charge in [0, 0.05) is 49.7 Å². The minimum atomic E-state index is 0.569. The van der Waals surface area contributed by atoms with Crippen molar-refractivity contribution in [3.8, 4) is 39.9 Å². The predicted octanol–water partition coefficient (Wildman–Crippen LogP) is 15.6. The number of aromatic nitrogens is 4. The fourth-order valence-electron chi connectivity index (χ4n) is 10.2. The van der Waals surface area contributed by atoms with E-state index >= 15 is 0 Å². The van der Waals surface area contributed by atoms with E-state index in [1.807, 2.05) is 12.1 Å². The van der Waals surface area contributed by atoms with Gasteiger partial charge in [-0.25, -0.2) is 15.0 Å². The second-order valence-corrected chi connectivity index (χ2v) is 16.8. The highest BCUT2D eigenvalue weighted by Gasteiger charge is 2.23. The number of benzene rings is 11. The zero-order chi connectivity index (χ0) is 41.9. The Balaban J connectivity index is 1.12. The van der Waals surface area contributed by atoms with Crippen molar-refractivity contribution in [2.45, 2.75) is 0 Å². The topological polar surface area (TPSA) is 56.7 Å². The van der Waals surface area contributed by atoms with Crippen molar-refractivity contribution in [2.24, 2.45) is 0 Å². The van der Waals surface area contributed by atoms with Gasteiger partial charge in [0.05, 0.1) is 16.7 Å². The molecule has 3 heterocycles. The van der Waals surface area contributed by atoms with E-state index in [1.165, 1.54) is 37.7 Å². The third kappa shape index (κ3) is 5.22. The molecule has 0 aliphatic carbocycles. The van der Waals surface area contributed by atoms with Gasteiger partial charge >= 0.3 is 0 Å². The lowest BCUT2D eigenvalue weighted by Gasteiger charge is -2.15. The first-order valence-electron chi connectivity index (χ1n) is 21.7. The van der Waals surface area contributed by atoms with Crippen molar-refractivity contribution in [3.63, 3.8) is 0 Å². The molecule has 5 nitrogen and oxygen atoms in total. The standard InChI is InChI=1S/C59H34N4O/c1-2-15-37-29-41(26-25-35(37)13-1)57-60-58(50-31-40-18-6-7-19-43(40)45-21-9-10-22-46(45)50)62-59(61-57)51-33-42(34-54-55(51)48-23-11-12-24-53(48)64-54)63-52-32-39-17-4-3-16-38(39)30-49(52)47-28-27-36-14-5-8-20-44(36)56(47)63/h1-34H. The molecular weight excluding hydrogens is 781 g/mol. The summed E-state index contributed by atoms with van der Waals surface area (Å²) >= 11 is 0. The summed E-state index contributed by atoms with van der Waals surface area (Å²) in [5, 5.41) is 15.9. The molecule has 14 rings (SSSR count). The molecule has 0 saturated heterocycles. The number of hydrogen-bond donors (Lipinski definition) is 0. The maximum Gasteiger partial charge on any atom is 0.164 e. The van der Waals surface area contributed by atoms with Crippen LogP contribution in [0.15, 0.2) is 211 Å². The van der Waals surface area contributed by atoms with Gasteiger partial charge in [0.15, 0.2) is 17.5 Å². The summed E-state index contributed by atoms with van der Waals surface area (Å²) in [6.07, 6.45) is 0. The van der Waals surface area contributed by atoms with Crippen LogP contribution in [-0.4, -0.2) is 19.5 Å². The lowest BCUT2D eigenvalue weighted by molar-refractivity contribution is 0.668. The first-order chi connectivity index (χ1) is 31.7. The zero-order valence-electron chi connectivity index (χ0n) is 34.3. The molecule has 14 aromatic rings. The highest BCUT2D eigenvalue weighted by atomic mass is 16.3. The van der Waals surface area contributed by atoms with Crippen LogP contribution in [0.1, 0.15) is 0 Å². The highest BCUT2D eigenvalue weighted by Crippen LogP contribution is 2.44. The monoisotopic (exact) mass is 814 g/mol. The van der Waals surface area contributed by atoms with Crippen LogP contribution in [-0.2, 0) is 0 Å². The molecule has 0 bridgehead atoms. The average molecular weight is 815 g/mol. The Bertz CT molecular complexity index is 4270. The third-order valence-electron chi connectivity index (χ3n) is 13.1. The molecule has 0 fully saturated rings. The van der Waals surface area contributed by atoms with Gasteiger partial charge in [0.1, 0.15) is 11.2 Å². The Labute approximate surface area is 366 Å². The highest BCUT2D eigenvalue weighted by molar-refractivity contribution is 6.21. The number of rotatable bonds is 4. The number of furan rings is 1. The van der Waals surface area contributed by atoms with Gasteiger partial charge in [-0.1, -0.05) is 164 Å². The molecule has 0 aliphatic heterocycles. The first-order valence-corrected chi connectivity index (χ1v) is 21.7. The number of para-hydroxylation sites is 1. The molecule has 0 radical (unpaired) electrons. The predicted molar refractivity (Wildman–Crippen MR) is 265 cm³/mol. The van der Waals surface area contributed by atoms with Crippen molar-refractivity contribution < 1.29 is 4.42 Å². The van der Waals surface area contributed by atoms with Gasteiger partial charge in [-0.2, -0.15) is 0 Å². The van der Waals surface area contributed by atoms with Gasteiger partial charge in [-0.15, -0.1) is 0 Å². The minimum Gasteiger partial charge on any atom is -0.456 e. The Morgan fingerprint density at radius 3 is 1.73 bits per heavy atom. The Kier molecular flexibility index (Phi) is 7.33. The molecule has 0 saturated carbocycles. The maximum absolute atomic E-state index is 6.83. The summed E-state index contributed by atoms with van der Waals surface area (Å²) in [5.41, 5.74) is 7.50. The SMILES string of the molecule is c1ccc2cc(-c3nc(-c4cc5ccccc5c5ccccc45)nc(-c4cc(-n5c6cc7ccccc7cc6c6ccc7ccccc7c65)cc5oc6ccccc6c45)n3)ccc2c1. The largest absolute Gasteiger partial charge is 0.456 e. The van der Waals surface area contributed by atoms with Gasteiger partial charge in [-0.3, -0.25) is 0 Å². The molecule has 0 atom stereocenters. The van der Waals surface area contributed by atoms with Crippen molar-refractivity contribution in [2.75, 3.05) is 0 Å². The quantitative estimate of drug-likeness (QED) is 0.166. The molecule has 0 aliphatic rings. The van der Waals surface area contributed by atoms with Crippen LogP contribution in [0, 0.1) is 0 Å². The van der Waals surface area contributed by atoms with Crippen LogP contribution in [0.5, 0.6) is 0 Å². The summed E-state index contributed by atoms with van der Waals surface area (Å²) in [5.74, 6) is 1.78. The van der Waals surface area contributed by atoms with Crippen LogP contribution in [0.3, 0.4) is 0 Å². The summed E-state index contributed by atoms with van der Waals surface area (Å²) in [7, 11) is 0. The minimum absolute atomic E-state index is 0.569. The van der Waals surface area contributed by atoms with E-state index in [1.54, 1.807) is 0 Å². The molecule has 296 valence electrons. The van der Waals surface area contributed by atoms with E-state index in [0.29, 0.717) is 17.5 Å². The summed E-state index contributed by atoms with van der Waals surface area (Å²) in [6.45, 7) is 0. The number of fused-ring (bicyclic) bond motifs is 13. The van der Waals surface area contributed by atoms with Gasteiger partial charge in [0.2, 0.25) is 0 Å². The molecular formula is C59H34N4O. The molecule has 3 aromatic heterocycles. The van der Waals surface area contributed by atoms with Crippen molar-refractivity contribution in [1.82, 2.24) is 19.5 Å². The van der Waals surface area contributed by atoms with Gasteiger partial charge in [-0.05, 0) is 84.9 Å².